The van der Waals surface area contributed by atoms with Crippen molar-refractivity contribution in [3.8, 4) is 0 Å². The molecule has 0 spiro atoms. The predicted octanol–water partition coefficient (Wildman–Crippen LogP) is 2.37. The smallest absolute Gasteiger partial charge is 0.190 e. The van der Waals surface area contributed by atoms with Crippen LogP contribution in [0.5, 0.6) is 0 Å². The second-order valence-electron chi connectivity index (χ2n) is 2.62. The number of hydrogen-bond acceptors (Lipinski definition) is 1. The first-order valence-corrected chi connectivity index (χ1v) is 3.69. The third kappa shape index (κ3) is 1.93. The third-order valence-electron chi connectivity index (χ3n) is 1.55. The first kappa shape index (κ1) is 8.48. The van der Waals surface area contributed by atoms with Crippen molar-refractivity contribution in [3.63, 3.8) is 0 Å². The van der Waals surface area contributed by atoms with Crippen LogP contribution in [0.25, 0.3) is 4.85 Å². The molecule has 0 saturated heterocycles. The van der Waals surface area contributed by atoms with Crippen LogP contribution in [0.3, 0.4) is 0 Å². The first-order valence-electron chi connectivity index (χ1n) is 3.69. The van der Waals surface area contributed by atoms with Crippen LogP contribution >= 0.6 is 0 Å². The Morgan fingerprint density at radius 1 is 1.50 bits per heavy atom. The van der Waals surface area contributed by atoms with E-state index in [1.54, 1.807) is 12.1 Å². The molecule has 0 radical (unpaired) electrons. The minimum atomic E-state index is 0.0890. The second-order valence-corrected chi connectivity index (χ2v) is 2.62. The number of ketones is 1. The SMILES string of the molecule is [C-]#[N+]c1ccccc1CC(C)=O. The molecule has 2 nitrogen and oxygen atoms in total. The Bertz CT molecular complexity index is 336. The van der Waals surface area contributed by atoms with Crippen molar-refractivity contribution in [1.29, 1.82) is 0 Å². The van der Waals surface area contributed by atoms with E-state index in [0.29, 0.717) is 12.1 Å². The number of carbonyl (C=O) groups is 1. The Morgan fingerprint density at radius 3 is 2.75 bits per heavy atom. The lowest BCUT2D eigenvalue weighted by molar-refractivity contribution is -0.116. The molecule has 60 valence electrons. The lowest BCUT2D eigenvalue weighted by Gasteiger charge is -1.98. The number of Topliss-reactive ketones (excluding diaryl/α,β-unsaturated/α-hetero) is 1. The standard InChI is InChI=1S/C10H9NO/c1-8(12)7-9-5-3-4-6-10(9)11-2/h3-6H,7H2,1H3. The van der Waals surface area contributed by atoms with E-state index in [4.69, 9.17) is 6.57 Å². The van der Waals surface area contributed by atoms with E-state index in [1.807, 2.05) is 12.1 Å². The van der Waals surface area contributed by atoms with Gasteiger partial charge >= 0.3 is 0 Å². The van der Waals surface area contributed by atoms with Crippen LogP contribution in [0.2, 0.25) is 0 Å². The van der Waals surface area contributed by atoms with E-state index in [2.05, 4.69) is 4.85 Å². The van der Waals surface area contributed by atoms with E-state index < -0.39 is 0 Å². The van der Waals surface area contributed by atoms with Gasteiger partial charge in [0.1, 0.15) is 5.78 Å². The molecule has 0 aliphatic rings. The van der Waals surface area contributed by atoms with E-state index in [-0.39, 0.29) is 5.78 Å². The molecule has 1 aromatic carbocycles. The van der Waals surface area contributed by atoms with Crippen molar-refractivity contribution in [1.82, 2.24) is 0 Å². The summed E-state index contributed by atoms with van der Waals surface area (Å²) < 4.78 is 0. The van der Waals surface area contributed by atoms with Crippen molar-refractivity contribution >= 4 is 11.5 Å². The highest BCUT2D eigenvalue weighted by atomic mass is 16.1. The molecule has 0 fully saturated rings. The summed E-state index contributed by atoms with van der Waals surface area (Å²) in [5.74, 6) is 0.0890. The zero-order valence-corrected chi connectivity index (χ0v) is 6.87. The fourth-order valence-corrected chi connectivity index (χ4v) is 1.04. The van der Waals surface area contributed by atoms with Gasteiger partial charge in [-0.3, -0.25) is 4.79 Å². The Hall–Kier alpha value is -1.62. The maximum atomic E-state index is 10.8. The highest BCUT2D eigenvalue weighted by molar-refractivity contribution is 5.80. The van der Waals surface area contributed by atoms with Gasteiger partial charge < -0.3 is 0 Å². The molecule has 0 saturated carbocycles. The molecule has 2 heteroatoms. The quantitative estimate of drug-likeness (QED) is 0.607. The van der Waals surface area contributed by atoms with Gasteiger partial charge in [-0.25, -0.2) is 4.85 Å². The normalized spacial score (nSPS) is 9.00. The van der Waals surface area contributed by atoms with Crippen molar-refractivity contribution in [2.45, 2.75) is 13.3 Å². The summed E-state index contributed by atoms with van der Waals surface area (Å²) in [7, 11) is 0. The van der Waals surface area contributed by atoms with Crippen LogP contribution in [0.1, 0.15) is 12.5 Å². The summed E-state index contributed by atoms with van der Waals surface area (Å²) in [6.07, 6.45) is 0.360. The number of hydrogen-bond donors (Lipinski definition) is 0. The molecule has 0 unspecified atom stereocenters. The Morgan fingerprint density at radius 2 is 2.17 bits per heavy atom. The van der Waals surface area contributed by atoms with Gasteiger partial charge in [-0.1, -0.05) is 24.3 Å². The van der Waals surface area contributed by atoms with Gasteiger partial charge in [0.25, 0.3) is 0 Å². The molecule has 0 aliphatic carbocycles. The lowest BCUT2D eigenvalue weighted by atomic mass is 10.1. The average Bonchev–Trinajstić information content (AvgIpc) is 2.04. The number of para-hydroxylation sites is 1. The Kier molecular flexibility index (Phi) is 2.60. The molecule has 12 heavy (non-hydrogen) atoms. The van der Waals surface area contributed by atoms with Crippen molar-refractivity contribution < 1.29 is 4.79 Å². The van der Waals surface area contributed by atoms with Crippen LogP contribution in [0.4, 0.5) is 5.69 Å². The highest BCUT2D eigenvalue weighted by Gasteiger charge is 2.02. The summed E-state index contributed by atoms with van der Waals surface area (Å²) >= 11 is 0. The van der Waals surface area contributed by atoms with Gasteiger partial charge in [-0.05, 0) is 12.5 Å². The van der Waals surface area contributed by atoms with Crippen LogP contribution in [-0.4, -0.2) is 5.78 Å². The molecule has 0 aromatic heterocycles. The molecule has 0 amide bonds. The molecular formula is C10H9NO. The molecule has 1 aromatic rings. The number of carbonyl (C=O) groups excluding carboxylic acids is 1. The van der Waals surface area contributed by atoms with Crippen molar-refractivity contribution in [2.24, 2.45) is 0 Å². The fourth-order valence-electron chi connectivity index (χ4n) is 1.04. The lowest BCUT2D eigenvalue weighted by Crippen LogP contribution is -1.95. The van der Waals surface area contributed by atoms with Crippen LogP contribution in [0, 0.1) is 6.57 Å². The van der Waals surface area contributed by atoms with E-state index in [9.17, 15) is 4.79 Å². The maximum absolute atomic E-state index is 10.8. The zero-order valence-electron chi connectivity index (χ0n) is 6.87. The van der Waals surface area contributed by atoms with Crippen molar-refractivity contribution in [3.05, 3.63) is 41.2 Å². The van der Waals surface area contributed by atoms with E-state index in [1.165, 1.54) is 6.92 Å². The second kappa shape index (κ2) is 3.68. The Labute approximate surface area is 71.7 Å². The molecule has 0 atom stereocenters. The summed E-state index contributed by atoms with van der Waals surface area (Å²) in [6, 6.07) is 7.18. The van der Waals surface area contributed by atoms with Crippen LogP contribution in [0.15, 0.2) is 24.3 Å². The summed E-state index contributed by atoms with van der Waals surface area (Å²) in [6.45, 7) is 8.37. The summed E-state index contributed by atoms with van der Waals surface area (Å²) in [5.41, 5.74) is 1.40. The molecule has 1 rings (SSSR count). The predicted molar refractivity (Wildman–Crippen MR) is 47.1 cm³/mol. The molecule has 0 aliphatic heterocycles. The van der Waals surface area contributed by atoms with Gasteiger partial charge in [-0.2, -0.15) is 0 Å². The van der Waals surface area contributed by atoms with Crippen molar-refractivity contribution in [2.75, 3.05) is 0 Å². The van der Waals surface area contributed by atoms with Gasteiger partial charge in [0.15, 0.2) is 5.69 Å². The van der Waals surface area contributed by atoms with Gasteiger partial charge in [0.2, 0.25) is 0 Å². The van der Waals surface area contributed by atoms with E-state index >= 15 is 0 Å². The maximum Gasteiger partial charge on any atom is 0.190 e. The monoisotopic (exact) mass is 159 g/mol. The van der Waals surface area contributed by atoms with Crippen LogP contribution < -0.4 is 0 Å². The molecule has 0 heterocycles. The molecule has 0 bridgehead atoms. The Balaban J connectivity index is 2.99. The number of benzene rings is 1. The first-order chi connectivity index (χ1) is 5.74. The molecular weight excluding hydrogens is 150 g/mol. The van der Waals surface area contributed by atoms with Gasteiger partial charge in [0, 0.05) is 6.42 Å². The average molecular weight is 159 g/mol. The minimum Gasteiger partial charge on any atom is -0.300 e. The largest absolute Gasteiger partial charge is 0.300 e. The van der Waals surface area contributed by atoms with Gasteiger partial charge in [0.05, 0.1) is 6.57 Å². The van der Waals surface area contributed by atoms with E-state index in [0.717, 1.165) is 5.56 Å². The highest BCUT2D eigenvalue weighted by Crippen LogP contribution is 2.18. The topological polar surface area (TPSA) is 21.4 Å². The summed E-state index contributed by atoms with van der Waals surface area (Å²) in [5, 5.41) is 0. The third-order valence-corrected chi connectivity index (χ3v) is 1.55. The number of rotatable bonds is 2. The fraction of sp³-hybridized carbons (Fsp3) is 0.200. The summed E-state index contributed by atoms with van der Waals surface area (Å²) in [4.78, 5) is 14.1. The zero-order chi connectivity index (χ0) is 8.97. The van der Waals surface area contributed by atoms with Gasteiger partial charge in [-0.15, -0.1) is 0 Å². The van der Waals surface area contributed by atoms with Crippen LogP contribution in [-0.2, 0) is 11.2 Å². The number of nitrogens with zero attached hydrogens (tertiary/aromatic N) is 1. The minimum absolute atomic E-state index is 0.0890. The molecule has 0 N–H and O–H groups in total.